The number of hydrogen-bond donors (Lipinski definition) is 0. The van der Waals surface area contributed by atoms with Gasteiger partial charge in [-0.1, -0.05) is 243 Å². The Morgan fingerprint density at radius 2 is 0.688 bits per heavy atom. The molecule has 0 spiro atoms. The molecule has 11 aromatic carbocycles. The van der Waals surface area contributed by atoms with Crippen LogP contribution >= 0.6 is 0 Å². The van der Waals surface area contributed by atoms with Crippen molar-refractivity contribution in [2.45, 2.75) is 5.41 Å². The van der Waals surface area contributed by atoms with Crippen molar-refractivity contribution in [3.8, 4) is 44.5 Å². The number of anilines is 3. The third-order valence-corrected chi connectivity index (χ3v) is 13.4. The number of para-hydroxylation sites is 1. The molecule has 1 aliphatic carbocycles. The van der Waals surface area contributed by atoms with Crippen LogP contribution in [0, 0.1) is 0 Å². The molecule has 0 aromatic heterocycles. The molecule has 1 aliphatic rings. The molecule has 11 aromatic rings. The highest BCUT2D eigenvalue weighted by molar-refractivity contribution is 6.22. The standard InChI is InChI=1S/C63H43N/c1-4-20-44(21-5-1)45-36-38-47(39-37-45)61-56-31-12-10-27-52(56)53-28-11-13-32-57(53)62(61)64(60-35-19-16-26-51(60)46-22-6-2-7-23-46)50-42-40-49(41-43-50)63(48-24-8-3-9-25-48)58-33-17-14-29-54(58)55-30-15-18-34-59(55)63/h1-43H. The van der Waals surface area contributed by atoms with Crippen LogP contribution in [0.2, 0.25) is 0 Å². The SMILES string of the molecule is c1ccc(-c2ccc(-c3c(N(c4ccc(C5(c6ccccc6)c6ccccc6-c6ccccc65)cc4)c4ccccc4-c4ccccc4)c4ccccc4c4ccccc34)cc2)cc1. The Labute approximate surface area is 374 Å². The fourth-order valence-electron chi connectivity index (χ4n) is 10.6. The first-order valence-corrected chi connectivity index (χ1v) is 22.2. The zero-order chi connectivity index (χ0) is 42.5. The summed E-state index contributed by atoms with van der Waals surface area (Å²) in [5, 5.41) is 4.86. The highest BCUT2D eigenvalue weighted by atomic mass is 15.1. The van der Waals surface area contributed by atoms with E-state index in [4.69, 9.17) is 0 Å². The predicted octanol–water partition coefficient (Wildman–Crippen LogP) is 16.8. The molecule has 0 atom stereocenters. The average molecular weight is 814 g/mol. The highest BCUT2D eigenvalue weighted by Crippen LogP contribution is 2.57. The molecule has 0 saturated carbocycles. The molecule has 0 radical (unpaired) electrons. The van der Waals surface area contributed by atoms with Gasteiger partial charge in [-0.25, -0.2) is 0 Å². The van der Waals surface area contributed by atoms with Crippen LogP contribution in [0.3, 0.4) is 0 Å². The van der Waals surface area contributed by atoms with E-state index in [0.29, 0.717) is 0 Å². The zero-order valence-corrected chi connectivity index (χ0v) is 35.3. The summed E-state index contributed by atoms with van der Waals surface area (Å²) in [7, 11) is 0. The monoisotopic (exact) mass is 813 g/mol. The van der Waals surface area contributed by atoms with Gasteiger partial charge in [0.25, 0.3) is 0 Å². The van der Waals surface area contributed by atoms with Gasteiger partial charge in [0, 0.05) is 22.2 Å². The van der Waals surface area contributed by atoms with Crippen molar-refractivity contribution in [2.75, 3.05) is 4.90 Å². The summed E-state index contributed by atoms with van der Waals surface area (Å²) in [5.74, 6) is 0. The summed E-state index contributed by atoms with van der Waals surface area (Å²) >= 11 is 0. The predicted molar refractivity (Wildman–Crippen MR) is 270 cm³/mol. The highest BCUT2D eigenvalue weighted by Gasteiger charge is 2.45. The Morgan fingerprint density at radius 3 is 1.31 bits per heavy atom. The van der Waals surface area contributed by atoms with Gasteiger partial charge in [-0.05, 0) is 90.0 Å². The van der Waals surface area contributed by atoms with E-state index in [1.165, 1.54) is 77.2 Å². The maximum atomic E-state index is 2.53. The Morgan fingerprint density at radius 1 is 0.266 bits per heavy atom. The van der Waals surface area contributed by atoms with Crippen molar-refractivity contribution in [3.63, 3.8) is 0 Å². The molecule has 300 valence electrons. The lowest BCUT2D eigenvalue weighted by atomic mass is 9.67. The van der Waals surface area contributed by atoms with E-state index in [1.54, 1.807) is 0 Å². The molecule has 0 heterocycles. The van der Waals surface area contributed by atoms with Gasteiger partial charge < -0.3 is 4.90 Å². The van der Waals surface area contributed by atoms with Crippen LogP contribution in [0.15, 0.2) is 261 Å². The van der Waals surface area contributed by atoms with Crippen LogP contribution in [-0.2, 0) is 5.41 Å². The maximum absolute atomic E-state index is 2.53. The largest absolute Gasteiger partial charge is 0.309 e. The number of rotatable bonds is 8. The Bertz CT molecular complexity index is 3420. The van der Waals surface area contributed by atoms with E-state index in [2.05, 4.69) is 266 Å². The first kappa shape index (κ1) is 37.5. The van der Waals surface area contributed by atoms with Crippen LogP contribution in [-0.4, -0.2) is 0 Å². The minimum Gasteiger partial charge on any atom is -0.309 e. The fourth-order valence-corrected chi connectivity index (χ4v) is 10.6. The third-order valence-electron chi connectivity index (χ3n) is 13.4. The van der Waals surface area contributed by atoms with E-state index in [9.17, 15) is 0 Å². The van der Waals surface area contributed by atoms with Gasteiger partial charge in [0.2, 0.25) is 0 Å². The fraction of sp³-hybridized carbons (Fsp3) is 0.0159. The Balaban J connectivity index is 1.15. The molecule has 0 bridgehead atoms. The second-order valence-corrected chi connectivity index (χ2v) is 16.7. The van der Waals surface area contributed by atoms with Crippen LogP contribution in [0.4, 0.5) is 17.1 Å². The van der Waals surface area contributed by atoms with E-state index in [-0.39, 0.29) is 0 Å². The summed E-state index contributed by atoms with van der Waals surface area (Å²) in [6.45, 7) is 0. The molecule has 0 unspecified atom stereocenters. The summed E-state index contributed by atoms with van der Waals surface area (Å²) in [4.78, 5) is 2.53. The molecule has 1 heteroatoms. The van der Waals surface area contributed by atoms with Crippen molar-refractivity contribution < 1.29 is 0 Å². The molecular formula is C63H43N. The molecule has 64 heavy (non-hydrogen) atoms. The number of fused-ring (bicyclic) bond motifs is 6. The van der Waals surface area contributed by atoms with Gasteiger partial charge in [-0.2, -0.15) is 0 Å². The molecule has 0 fully saturated rings. The molecule has 0 saturated heterocycles. The number of benzene rings is 11. The smallest absolute Gasteiger partial charge is 0.0713 e. The van der Waals surface area contributed by atoms with Gasteiger partial charge in [0.15, 0.2) is 0 Å². The summed E-state index contributed by atoms with van der Waals surface area (Å²) in [5.41, 5.74) is 17.6. The average Bonchev–Trinajstić information content (AvgIpc) is 3.69. The van der Waals surface area contributed by atoms with Crippen molar-refractivity contribution in [3.05, 3.63) is 283 Å². The minimum atomic E-state index is -0.499. The van der Waals surface area contributed by atoms with Crippen molar-refractivity contribution in [1.82, 2.24) is 0 Å². The molecule has 1 nitrogen and oxygen atoms in total. The van der Waals surface area contributed by atoms with Crippen LogP contribution < -0.4 is 4.90 Å². The third kappa shape index (κ3) is 5.93. The summed E-state index contributed by atoms with van der Waals surface area (Å²) < 4.78 is 0. The van der Waals surface area contributed by atoms with Gasteiger partial charge in [0.05, 0.1) is 16.8 Å². The normalized spacial score (nSPS) is 12.5. The van der Waals surface area contributed by atoms with E-state index < -0.39 is 5.41 Å². The van der Waals surface area contributed by atoms with Crippen molar-refractivity contribution in [1.29, 1.82) is 0 Å². The lowest BCUT2D eigenvalue weighted by Crippen LogP contribution is -2.28. The van der Waals surface area contributed by atoms with Crippen LogP contribution in [0.1, 0.15) is 22.3 Å². The van der Waals surface area contributed by atoms with Gasteiger partial charge in [-0.15, -0.1) is 0 Å². The second-order valence-electron chi connectivity index (χ2n) is 16.7. The maximum Gasteiger partial charge on any atom is 0.0713 e. The second kappa shape index (κ2) is 15.6. The quantitative estimate of drug-likeness (QED) is 0.138. The molecule has 0 N–H and O–H groups in total. The van der Waals surface area contributed by atoms with Crippen molar-refractivity contribution in [2.24, 2.45) is 0 Å². The molecular weight excluding hydrogens is 771 g/mol. The summed E-state index contributed by atoms with van der Waals surface area (Å²) in [6, 6.07) is 95.9. The topological polar surface area (TPSA) is 3.24 Å². The first-order chi connectivity index (χ1) is 31.8. The zero-order valence-electron chi connectivity index (χ0n) is 35.3. The number of nitrogens with zero attached hydrogens (tertiary/aromatic N) is 1. The molecule has 12 rings (SSSR count). The lowest BCUT2D eigenvalue weighted by Gasteiger charge is -2.35. The van der Waals surface area contributed by atoms with Gasteiger partial charge in [0.1, 0.15) is 0 Å². The van der Waals surface area contributed by atoms with E-state index in [1.807, 2.05) is 0 Å². The van der Waals surface area contributed by atoms with Crippen molar-refractivity contribution >= 4 is 38.6 Å². The van der Waals surface area contributed by atoms with Crippen LogP contribution in [0.5, 0.6) is 0 Å². The minimum absolute atomic E-state index is 0.499. The van der Waals surface area contributed by atoms with Crippen LogP contribution in [0.25, 0.3) is 66.1 Å². The molecule has 0 amide bonds. The Hall–Kier alpha value is -8.26. The first-order valence-electron chi connectivity index (χ1n) is 22.2. The Kier molecular flexibility index (Phi) is 9.13. The van der Waals surface area contributed by atoms with E-state index >= 15 is 0 Å². The number of hydrogen-bond acceptors (Lipinski definition) is 1. The molecule has 0 aliphatic heterocycles. The summed E-state index contributed by atoms with van der Waals surface area (Å²) in [6.07, 6.45) is 0. The van der Waals surface area contributed by atoms with E-state index in [0.717, 1.165) is 28.2 Å². The van der Waals surface area contributed by atoms with Gasteiger partial charge in [-0.3, -0.25) is 0 Å². The lowest BCUT2D eigenvalue weighted by molar-refractivity contribution is 0.768. The van der Waals surface area contributed by atoms with Gasteiger partial charge >= 0.3 is 0 Å².